The van der Waals surface area contributed by atoms with Crippen molar-refractivity contribution < 1.29 is 14.1 Å². The SMILES string of the molecule is O=C(Cn1nc(C2CC2)ccc1=O)Nc1ccc(F)c([N+](=O)[O-])c1. The Kier molecular flexibility index (Phi) is 4.07. The van der Waals surface area contributed by atoms with Crippen molar-refractivity contribution in [1.29, 1.82) is 0 Å². The van der Waals surface area contributed by atoms with E-state index in [1.54, 1.807) is 6.07 Å². The minimum atomic E-state index is -0.993. The van der Waals surface area contributed by atoms with Crippen LogP contribution in [0.25, 0.3) is 0 Å². The molecule has 0 atom stereocenters. The molecule has 2 aromatic rings. The van der Waals surface area contributed by atoms with Crippen molar-refractivity contribution >= 4 is 17.3 Å². The number of halogens is 1. The third-order valence-corrected chi connectivity index (χ3v) is 3.60. The second-order valence-electron chi connectivity index (χ2n) is 5.50. The van der Waals surface area contributed by atoms with Crippen molar-refractivity contribution in [3.63, 3.8) is 0 Å². The van der Waals surface area contributed by atoms with Gasteiger partial charge in [0.05, 0.1) is 10.6 Å². The number of nitrogens with one attached hydrogen (secondary N) is 1. The summed E-state index contributed by atoms with van der Waals surface area (Å²) >= 11 is 0. The first-order valence-corrected chi connectivity index (χ1v) is 7.26. The van der Waals surface area contributed by atoms with E-state index in [0.29, 0.717) is 5.92 Å². The monoisotopic (exact) mass is 332 g/mol. The second-order valence-corrected chi connectivity index (χ2v) is 5.50. The predicted octanol–water partition coefficient (Wildman–Crippen LogP) is 1.81. The number of carbonyl (C=O) groups excluding carboxylic acids is 1. The maximum Gasteiger partial charge on any atom is 0.306 e. The van der Waals surface area contributed by atoms with Gasteiger partial charge in [-0.3, -0.25) is 19.7 Å². The highest BCUT2D eigenvalue weighted by Crippen LogP contribution is 2.38. The van der Waals surface area contributed by atoms with Crippen LogP contribution in [0.4, 0.5) is 15.8 Å². The molecule has 8 nitrogen and oxygen atoms in total. The molecule has 1 amide bonds. The Balaban J connectivity index is 1.74. The van der Waals surface area contributed by atoms with Crippen molar-refractivity contribution in [2.45, 2.75) is 25.3 Å². The molecule has 0 bridgehead atoms. The van der Waals surface area contributed by atoms with Gasteiger partial charge in [-0.05, 0) is 31.0 Å². The third-order valence-electron chi connectivity index (χ3n) is 3.60. The minimum Gasteiger partial charge on any atom is -0.324 e. The van der Waals surface area contributed by atoms with Gasteiger partial charge in [0, 0.05) is 23.7 Å². The number of amides is 1. The van der Waals surface area contributed by atoms with Gasteiger partial charge in [0.15, 0.2) is 0 Å². The van der Waals surface area contributed by atoms with Gasteiger partial charge in [0.2, 0.25) is 11.7 Å². The quantitative estimate of drug-likeness (QED) is 0.663. The molecule has 1 aromatic carbocycles. The van der Waals surface area contributed by atoms with Crippen LogP contribution in [-0.2, 0) is 11.3 Å². The summed E-state index contributed by atoms with van der Waals surface area (Å²) < 4.78 is 14.3. The third kappa shape index (κ3) is 3.45. The van der Waals surface area contributed by atoms with Crippen LogP contribution in [0.1, 0.15) is 24.5 Å². The number of nitro groups is 1. The summed E-state index contributed by atoms with van der Waals surface area (Å²) in [5, 5.41) is 17.2. The first-order valence-electron chi connectivity index (χ1n) is 7.26. The molecule has 0 unspecified atom stereocenters. The van der Waals surface area contributed by atoms with Crippen molar-refractivity contribution in [2.75, 3.05) is 5.32 Å². The number of rotatable bonds is 5. The van der Waals surface area contributed by atoms with Crippen LogP contribution in [0.3, 0.4) is 0 Å². The van der Waals surface area contributed by atoms with Crippen molar-refractivity contribution in [1.82, 2.24) is 9.78 Å². The van der Waals surface area contributed by atoms with E-state index in [-0.39, 0.29) is 12.2 Å². The van der Waals surface area contributed by atoms with Crippen molar-refractivity contribution in [3.8, 4) is 0 Å². The van der Waals surface area contributed by atoms with E-state index < -0.39 is 27.9 Å². The lowest BCUT2D eigenvalue weighted by Gasteiger charge is -2.08. The zero-order valence-electron chi connectivity index (χ0n) is 12.4. The zero-order chi connectivity index (χ0) is 17.3. The van der Waals surface area contributed by atoms with E-state index >= 15 is 0 Å². The molecule has 1 aromatic heterocycles. The Hall–Kier alpha value is -3.10. The van der Waals surface area contributed by atoms with Crippen LogP contribution in [-0.4, -0.2) is 20.6 Å². The van der Waals surface area contributed by atoms with E-state index in [9.17, 15) is 24.1 Å². The van der Waals surface area contributed by atoms with E-state index in [4.69, 9.17) is 0 Å². The molecule has 24 heavy (non-hydrogen) atoms. The molecule has 1 fully saturated rings. The van der Waals surface area contributed by atoms with E-state index in [1.165, 1.54) is 12.1 Å². The Morgan fingerprint density at radius 2 is 2.12 bits per heavy atom. The normalized spacial score (nSPS) is 13.5. The molecule has 1 aliphatic carbocycles. The highest BCUT2D eigenvalue weighted by Gasteiger charge is 2.25. The fourth-order valence-electron chi connectivity index (χ4n) is 2.24. The van der Waals surface area contributed by atoms with Crippen LogP contribution < -0.4 is 10.9 Å². The van der Waals surface area contributed by atoms with Gasteiger partial charge in [-0.15, -0.1) is 0 Å². The maximum atomic E-state index is 13.3. The van der Waals surface area contributed by atoms with Gasteiger partial charge in [-0.1, -0.05) is 0 Å². The molecular formula is C15H13FN4O4. The van der Waals surface area contributed by atoms with Crippen LogP contribution >= 0.6 is 0 Å². The molecule has 1 saturated carbocycles. The predicted molar refractivity (Wildman–Crippen MR) is 82.2 cm³/mol. The van der Waals surface area contributed by atoms with Gasteiger partial charge in [0.25, 0.3) is 5.56 Å². The average molecular weight is 332 g/mol. The number of hydrogen-bond acceptors (Lipinski definition) is 5. The zero-order valence-corrected chi connectivity index (χ0v) is 12.4. The minimum absolute atomic E-state index is 0.0690. The Morgan fingerprint density at radius 3 is 2.79 bits per heavy atom. The molecule has 9 heteroatoms. The summed E-state index contributed by atoms with van der Waals surface area (Å²) in [6.45, 7) is -0.329. The van der Waals surface area contributed by atoms with Crippen LogP contribution in [0.15, 0.2) is 35.1 Å². The maximum absolute atomic E-state index is 13.3. The number of hydrogen-bond donors (Lipinski definition) is 1. The van der Waals surface area contributed by atoms with Crippen LogP contribution in [0.5, 0.6) is 0 Å². The van der Waals surface area contributed by atoms with Gasteiger partial charge in [-0.2, -0.15) is 9.49 Å². The summed E-state index contributed by atoms with van der Waals surface area (Å²) in [4.78, 5) is 33.6. The highest BCUT2D eigenvalue weighted by molar-refractivity contribution is 5.90. The van der Waals surface area contributed by atoms with Crippen molar-refractivity contribution in [3.05, 3.63) is 62.3 Å². The van der Waals surface area contributed by atoms with Crippen molar-refractivity contribution in [2.24, 2.45) is 0 Å². The summed E-state index contributed by atoms with van der Waals surface area (Å²) in [5.41, 5.74) is -0.322. The molecule has 3 rings (SSSR count). The highest BCUT2D eigenvalue weighted by atomic mass is 19.1. The topological polar surface area (TPSA) is 107 Å². The number of nitro benzene ring substituents is 1. The summed E-state index contributed by atoms with van der Waals surface area (Å²) in [7, 11) is 0. The van der Waals surface area contributed by atoms with E-state index in [1.807, 2.05) is 0 Å². The van der Waals surface area contributed by atoms with Gasteiger partial charge in [-0.25, -0.2) is 4.68 Å². The first-order chi connectivity index (χ1) is 11.4. The number of anilines is 1. The summed E-state index contributed by atoms with van der Waals surface area (Å²) in [6, 6.07) is 6.03. The molecule has 1 heterocycles. The molecule has 1 aliphatic rings. The molecule has 124 valence electrons. The lowest BCUT2D eigenvalue weighted by molar-refractivity contribution is -0.387. The number of carbonyl (C=O) groups is 1. The molecule has 1 N–H and O–H groups in total. The number of benzene rings is 1. The Morgan fingerprint density at radius 1 is 1.38 bits per heavy atom. The largest absolute Gasteiger partial charge is 0.324 e. The standard InChI is InChI=1S/C15H13FN4O4/c16-11-4-3-10(7-13(11)20(23)24)17-14(21)8-19-15(22)6-5-12(18-19)9-1-2-9/h3-7,9H,1-2,8H2,(H,17,21). The van der Waals surface area contributed by atoms with Crippen LogP contribution in [0.2, 0.25) is 0 Å². The fraction of sp³-hybridized carbons (Fsp3) is 0.267. The number of aromatic nitrogens is 2. The summed E-state index contributed by atoms with van der Waals surface area (Å²) in [5.74, 6) is -1.24. The average Bonchev–Trinajstić information content (AvgIpc) is 3.36. The lowest BCUT2D eigenvalue weighted by Crippen LogP contribution is -2.29. The first kappa shape index (κ1) is 15.8. The Bertz CT molecular complexity index is 876. The van der Waals surface area contributed by atoms with Gasteiger partial charge in [0.1, 0.15) is 6.54 Å². The smallest absolute Gasteiger partial charge is 0.306 e. The van der Waals surface area contributed by atoms with Gasteiger partial charge < -0.3 is 5.32 Å². The Labute approximate surface area is 135 Å². The van der Waals surface area contributed by atoms with Crippen LogP contribution in [0, 0.1) is 15.9 Å². The second kappa shape index (κ2) is 6.19. The summed E-state index contributed by atoms with van der Waals surface area (Å²) in [6.07, 6.45) is 2.02. The molecule has 0 spiro atoms. The molecule has 0 saturated heterocycles. The molecule has 0 aliphatic heterocycles. The van der Waals surface area contributed by atoms with E-state index in [2.05, 4.69) is 10.4 Å². The molecular weight excluding hydrogens is 319 g/mol. The number of nitrogens with zero attached hydrogens (tertiary/aromatic N) is 3. The lowest BCUT2D eigenvalue weighted by atomic mass is 10.2. The van der Waals surface area contributed by atoms with Gasteiger partial charge >= 0.3 is 5.69 Å². The fourth-order valence-corrected chi connectivity index (χ4v) is 2.24. The molecule has 0 radical (unpaired) electrons. The van der Waals surface area contributed by atoms with E-state index in [0.717, 1.165) is 35.4 Å².